The summed E-state index contributed by atoms with van der Waals surface area (Å²) < 4.78 is 21.5. The predicted molar refractivity (Wildman–Crippen MR) is 148 cm³/mol. The first-order chi connectivity index (χ1) is 18.7. The molecule has 1 atom stereocenters. The normalized spacial score (nSPS) is 12.0. The number of carbonyl (C=O) groups excluding carboxylic acids is 4. The van der Waals surface area contributed by atoms with Gasteiger partial charge in [-0.3, -0.25) is 4.79 Å². The van der Waals surface area contributed by atoms with Crippen molar-refractivity contribution in [2.75, 3.05) is 13.7 Å². The molecule has 1 unspecified atom stereocenters. The molecule has 0 saturated heterocycles. The summed E-state index contributed by atoms with van der Waals surface area (Å²) in [5.41, 5.74) is -0.705. The summed E-state index contributed by atoms with van der Waals surface area (Å²) in [7, 11) is 1.21. The van der Waals surface area contributed by atoms with Crippen LogP contribution in [-0.4, -0.2) is 54.9 Å². The molecule has 0 fully saturated rings. The van der Waals surface area contributed by atoms with Crippen molar-refractivity contribution < 1.29 is 38.1 Å². The molecule has 40 heavy (non-hydrogen) atoms. The van der Waals surface area contributed by atoms with Crippen molar-refractivity contribution in [3.8, 4) is 11.5 Å². The summed E-state index contributed by atoms with van der Waals surface area (Å²) in [5, 5.41) is 7.74. The van der Waals surface area contributed by atoms with E-state index < -0.39 is 41.2 Å². The van der Waals surface area contributed by atoms with Crippen LogP contribution in [0.1, 0.15) is 52.7 Å². The van der Waals surface area contributed by atoms with Crippen LogP contribution in [0.5, 0.6) is 11.5 Å². The molecule has 0 aliphatic rings. The average Bonchev–Trinajstić information content (AvgIpc) is 2.86. The molecule has 11 nitrogen and oxygen atoms in total. The molecule has 11 heteroatoms. The molecule has 0 spiro atoms. The largest absolute Gasteiger partial charge is 0.485 e. The Balaban J connectivity index is 2.35. The van der Waals surface area contributed by atoms with Crippen molar-refractivity contribution in [3.63, 3.8) is 0 Å². The zero-order valence-electron chi connectivity index (χ0n) is 24.1. The number of hydrogen-bond donors (Lipinski definition) is 3. The lowest BCUT2D eigenvalue weighted by Crippen LogP contribution is -2.57. The Morgan fingerprint density at radius 3 is 2.15 bits per heavy atom. The Labute approximate surface area is 234 Å². The Hall–Kier alpha value is -4.28. The van der Waals surface area contributed by atoms with Crippen LogP contribution in [0, 0.1) is 0 Å². The minimum atomic E-state index is -1.36. The lowest BCUT2D eigenvalue weighted by molar-refractivity contribution is -0.149. The van der Waals surface area contributed by atoms with E-state index in [2.05, 4.69) is 16.0 Å². The summed E-state index contributed by atoms with van der Waals surface area (Å²) in [6.07, 6.45) is -1.51. The highest BCUT2D eigenvalue weighted by atomic mass is 16.6. The number of alkyl carbamates (subject to hydrolysis) is 1. The van der Waals surface area contributed by atoms with Crippen molar-refractivity contribution in [1.82, 2.24) is 16.0 Å². The van der Waals surface area contributed by atoms with Gasteiger partial charge < -0.3 is 34.9 Å². The van der Waals surface area contributed by atoms with E-state index >= 15 is 0 Å². The summed E-state index contributed by atoms with van der Waals surface area (Å²) >= 11 is 0. The molecule has 2 aromatic carbocycles. The van der Waals surface area contributed by atoms with Crippen LogP contribution in [0.4, 0.5) is 9.59 Å². The van der Waals surface area contributed by atoms with Gasteiger partial charge in [0.05, 0.1) is 7.11 Å². The number of benzene rings is 2. The van der Waals surface area contributed by atoms with Crippen molar-refractivity contribution in [3.05, 3.63) is 59.7 Å². The van der Waals surface area contributed by atoms with Crippen LogP contribution in [0.25, 0.3) is 0 Å². The molecule has 3 N–H and O–H groups in total. The monoisotopic (exact) mass is 557 g/mol. The van der Waals surface area contributed by atoms with Gasteiger partial charge in [0.1, 0.15) is 23.8 Å². The summed E-state index contributed by atoms with van der Waals surface area (Å²) in [4.78, 5) is 50.2. The number of ether oxygens (including phenoxy) is 4. The Kier molecular flexibility index (Phi) is 11.3. The topological polar surface area (TPSA) is 141 Å². The quantitative estimate of drug-likeness (QED) is 0.354. The predicted octanol–water partition coefficient (Wildman–Crippen LogP) is 3.88. The third kappa shape index (κ3) is 10.5. The highest BCUT2D eigenvalue weighted by Crippen LogP contribution is 2.30. The van der Waals surface area contributed by atoms with E-state index in [4.69, 9.17) is 18.9 Å². The molecule has 0 aliphatic heterocycles. The molecule has 0 radical (unpaired) electrons. The molecule has 0 heterocycles. The maximum absolute atomic E-state index is 13.2. The molecule has 0 saturated carbocycles. The van der Waals surface area contributed by atoms with E-state index in [-0.39, 0.29) is 18.8 Å². The second-order valence-electron chi connectivity index (χ2n) is 10.5. The van der Waals surface area contributed by atoms with Crippen molar-refractivity contribution in [2.24, 2.45) is 0 Å². The average molecular weight is 558 g/mol. The van der Waals surface area contributed by atoms with E-state index in [9.17, 15) is 19.2 Å². The van der Waals surface area contributed by atoms with Gasteiger partial charge in [0.2, 0.25) is 5.91 Å². The van der Waals surface area contributed by atoms with Crippen LogP contribution in [0.2, 0.25) is 0 Å². The smallest absolute Gasteiger partial charge is 0.412 e. The molecular weight excluding hydrogens is 518 g/mol. The van der Waals surface area contributed by atoms with Gasteiger partial charge in [-0.15, -0.1) is 0 Å². The zero-order valence-corrected chi connectivity index (χ0v) is 24.1. The number of rotatable bonds is 11. The lowest BCUT2D eigenvalue weighted by Gasteiger charge is -2.28. The second-order valence-corrected chi connectivity index (χ2v) is 10.5. The van der Waals surface area contributed by atoms with Crippen LogP contribution in [0.3, 0.4) is 0 Å². The third-order valence-corrected chi connectivity index (χ3v) is 5.35. The standard InChI is InChI=1S/C29H39N3O8/c1-8-30-26(35)39-23-17-20(14-15-22(23)38-18-19-12-10-9-11-13-19)16-21(31-27(36)40-28(2,3)4)24(33)32-29(5,6)25(34)37-7/h9-15,17,21H,8,16,18H2,1-7H3,(H,30,35)(H,31,36)(H,32,33). The Morgan fingerprint density at radius 1 is 0.875 bits per heavy atom. The van der Waals surface area contributed by atoms with Gasteiger partial charge in [-0.25, -0.2) is 14.4 Å². The van der Waals surface area contributed by atoms with E-state index in [0.717, 1.165) is 5.56 Å². The molecule has 2 aromatic rings. The van der Waals surface area contributed by atoms with Gasteiger partial charge in [0.25, 0.3) is 0 Å². The molecule has 218 valence electrons. The van der Waals surface area contributed by atoms with Gasteiger partial charge in [-0.05, 0) is 64.8 Å². The number of esters is 1. The highest BCUT2D eigenvalue weighted by molar-refractivity contribution is 5.91. The number of hydrogen-bond acceptors (Lipinski definition) is 8. The SMILES string of the molecule is CCNC(=O)Oc1cc(CC(NC(=O)OC(C)(C)C)C(=O)NC(C)(C)C(=O)OC)ccc1OCc1ccccc1. The lowest BCUT2D eigenvalue weighted by atomic mass is 10.0. The molecule has 2 rings (SSSR count). The van der Waals surface area contributed by atoms with E-state index in [1.807, 2.05) is 30.3 Å². The number of methoxy groups -OCH3 is 1. The molecule has 0 aliphatic carbocycles. The van der Waals surface area contributed by atoms with Crippen molar-refractivity contribution in [2.45, 2.75) is 71.8 Å². The maximum atomic E-state index is 13.2. The van der Waals surface area contributed by atoms with E-state index in [1.54, 1.807) is 45.9 Å². The van der Waals surface area contributed by atoms with Gasteiger partial charge in [0.15, 0.2) is 11.5 Å². The summed E-state index contributed by atoms with van der Waals surface area (Å²) in [6, 6.07) is 13.2. The fourth-order valence-electron chi connectivity index (χ4n) is 3.49. The van der Waals surface area contributed by atoms with Gasteiger partial charge >= 0.3 is 18.2 Å². The van der Waals surface area contributed by atoms with Crippen LogP contribution in [-0.2, 0) is 32.1 Å². The van der Waals surface area contributed by atoms with Gasteiger partial charge in [-0.1, -0.05) is 36.4 Å². The first-order valence-corrected chi connectivity index (χ1v) is 12.9. The van der Waals surface area contributed by atoms with Crippen LogP contribution >= 0.6 is 0 Å². The van der Waals surface area contributed by atoms with Crippen molar-refractivity contribution >= 4 is 24.1 Å². The first kappa shape index (κ1) is 31.9. The minimum absolute atomic E-state index is 0.0208. The second kappa shape index (κ2) is 14.2. The zero-order chi connectivity index (χ0) is 29.9. The summed E-state index contributed by atoms with van der Waals surface area (Å²) in [6.45, 7) is 10.4. The Morgan fingerprint density at radius 2 is 1.55 bits per heavy atom. The highest BCUT2D eigenvalue weighted by Gasteiger charge is 2.34. The fraction of sp³-hybridized carbons (Fsp3) is 0.448. The number of nitrogens with one attached hydrogen (secondary N) is 3. The maximum Gasteiger partial charge on any atom is 0.412 e. The van der Waals surface area contributed by atoms with Crippen LogP contribution < -0.4 is 25.4 Å². The molecule has 0 bridgehead atoms. The van der Waals surface area contributed by atoms with E-state index in [0.29, 0.717) is 17.9 Å². The third-order valence-electron chi connectivity index (χ3n) is 5.35. The number of carbonyl (C=O) groups is 4. The van der Waals surface area contributed by atoms with Gasteiger partial charge in [-0.2, -0.15) is 0 Å². The first-order valence-electron chi connectivity index (χ1n) is 12.9. The van der Waals surface area contributed by atoms with E-state index in [1.165, 1.54) is 21.0 Å². The van der Waals surface area contributed by atoms with Crippen LogP contribution in [0.15, 0.2) is 48.5 Å². The molecule has 3 amide bonds. The summed E-state index contributed by atoms with van der Waals surface area (Å²) in [5.74, 6) is -0.858. The number of amides is 3. The fourth-order valence-corrected chi connectivity index (χ4v) is 3.49. The molecule has 0 aromatic heterocycles. The Bertz CT molecular complexity index is 1180. The van der Waals surface area contributed by atoms with Crippen molar-refractivity contribution in [1.29, 1.82) is 0 Å². The minimum Gasteiger partial charge on any atom is -0.485 e. The molecular formula is C29H39N3O8. The van der Waals surface area contributed by atoms with Gasteiger partial charge in [0, 0.05) is 13.0 Å².